The Hall–Kier alpha value is -3.22. The molecule has 7 heteroatoms. The highest BCUT2D eigenvalue weighted by Crippen LogP contribution is 2.36. The number of hydrogen-bond acceptors (Lipinski definition) is 4. The summed E-state index contributed by atoms with van der Waals surface area (Å²) >= 11 is 0. The Morgan fingerprint density at radius 3 is 2.50 bits per heavy atom. The summed E-state index contributed by atoms with van der Waals surface area (Å²) < 4.78 is 51.1. The molecule has 0 aliphatic heterocycles. The Kier molecular flexibility index (Phi) is 5.44. The number of rotatable bonds is 6. The first kappa shape index (κ1) is 19.5. The second-order valence-electron chi connectivity index (χ2n) is 6.07. The number of ether oxygens (including phenoxy) is 2. The molecular weight excluding hydrogens is 369 g/mol. The molecule has 0 spiro atoms. The first-order valence-corrected chi connectivity index (χ1v) is 8.45. The van der Waals surface area contributed by atoms with E-state index in [1.165, 1.54) is 14.2 Å². The van der Waals surface area contributed by atoms with Crippen LogP contribution in [0.25, 0.3) is 17.0 Å². The van der Waals surface area contributed by atoms with E-state index in [9.17, 15) is 13.2 Å². The Morgan fingerprint density at radius 2 is 1.86 bits per heavy atom. The number of fused-ring (bicyclic) bond motifs is 1. The van der Waals surface area contributed by atoms with Gasteiger partial charge in [-0.25, -0.2) is 4.98 Å². The van der Waals surface area contributed by atoms with E-state index >= 15 is 0 Å². The Balaban J connectivity index is 2.00. The van der Waals surface area contributed by atoms with Gasteiger partial charge in [-0.05, 0) is 29.8 Å². The Morgan fingerprint density at radius 1 is 1.07 bits per heavy atom. The van der Waals surface area contributed by atoms with Crippen LogP contribution in [0.2, 0.25) is 0 Å². The molecule has 0 radical (unpaired) electrons. The number of hydrogen-bond donors (Lipinski definition) is 1. The maximum absolute atomic E-state index is 13.6. The molecule has 28 heavy (non-hydrogen) atoms. The van der Waals surface area contributed by atoms with Crippen molar-refractivity contribution in [3.05, 3.63) is 65.7 Å². The highest BCUT2D eigenvalue weighted by atomic mass is 19.4. The third-order valence-electron chi connectivity index (χ3n) is 4.32. The lowest BCUT2D eigenvalue weighted by molar-refractivity contribution is -0.137. The van der Waals surface area contributed by atoms with Crippen molar-refractivity contribution in [2.45, 2.75) is 12.7 Å². The molecule has 2 aromatic carbocycles. The number of halogens is 3. The summed E-state index contributed by atoms with van der Waals surface area (Å²) in [6.45, 7) is 3.79. The number of methoxy groups -OCH3 is 2. The number of alkyl halides is 3. The molecule has 4 nitrogen and oxygen atoms in total. The standard InChI is InChI=1S/C21H19F3N2O2/c1-4-13-5-6-14-10-17(21(22,23)24)20(26-18(14)9-13)25-12-15-7-8-16(27-2)11-19(15)28-3/h4-11H,1,12H2,2-3H3,(H,25,26). The van der Waals surface area contributed by atoms with Crippen LogP contribution >= 0.6 is 0 Å². The van der Waals surface area contributed by atoms with Crippen molar-refractivity contribution >= 4 is 22.8 Å². The minimum absolute atomic E-state index is 0.107. The molecule has 1 N–H and O–H groups in total. The molecule has 0 fully saturated rings. The van der Waals surface area contributed by atoms with Gasteiger partial charge in [0.1, 0.15) is 17.3 Å². The van der Waals surface area contributed by atoms with Crippen molar-refractivity contribution in [3.8, 4) is 11.5 Å². The van der Waals surface area contributed by atoms with Gasteiger partial charge in [0.15, 0.2) is 0 Å². The van der Waals surface area contributed by atoms with Gasteiger partial charge in [0.25, 0.3) is 0 Å². The van der Waals surface area contributed by atoms with Gasteiger partial charge in [-0.15, -0.1) is 0 Å². The van der Waals surface area contributed by atoms with Gasteiger partial charge < -0.3 is 14.8 Å². The fourth-order valence-corrected chi connectivity index (χ4v) is 2.84. The molecule has 0 amide bonds. The van der Waals surface area contributed by atoms with Gasteiger partial charge in [0, 0.05) is 23.6 Å². The highest BCUT2D eigenvalue weighted by Gasteiger charge is 2.34. The zero-order chi connectivity index (χ0) is 20.3. The van der Waals surface area contributed by atoms with Gasteiger partial charge in [-0.1, -0.05) is 24.8 Å². The van der Waals surface area contributed by atoms with E-state index in [0.29, 0.717) is 28.0 Å². The first-order chi connectivity index (χ1) is 13.4. The predicted octanol–water partition coefficient (Wildman–Crippen LogP) is 5.53. The quantitative estimate of drug-likeness (QED) is 0.603. The third kappa shape index (κ3) is 4.03. The highest BCUT2D eigenvalue weighted by molar-refractivity contribution is 5.84. The van der Waals surface area contributed by atoms with Crippen LogP contribution in [-0.2, 0) is 12.7 Å². The van der Waals surface area contributed by atoms with Crippen LogP contribution in [0.5, 0.6) is 11.5 Å². The monoisotopic (exact) mass is 388 g/mol. The van der Waals surface area contributed by atoms with Crippen molar-refractivity contribution < 1.29 is 22.6 Å². The van der Waals surface area contributed by atoms with Gasteiger partial charge >= 0.3 is 6.18 Å². The van der Waals surface area contributed by atoms with Crippen LogP contribution in [0.3, 0.4) is 0 Å². The maximum atomic E-state index is 13.6. The smallest absolute Gasteiger partial charge is 0.419 e. The first-order valence-electron chi connectivity index (χ1n) is 8.45. The minimum atomic E-state index is -4.54. The summed E-state index contributed by atoms with van der Waals surface area (Å²) in [5.41, 5.74) is 1.09. The average molecular weight is 388 g/mol. The van der Waals surface area contributed by atoms with E-state index in [-0.39, 0.29) is 12.4 Å². The summed E-state index contributed by atoms with van der Waals surface area (Å²) in [7, 11) is 3.02. The third-order valence-corrected chi connectivity index (χ3v) is 4.32. The molecular formula is C21H19F3N2O2. The summed E-state index contributed by atoms with van der Waals surface area (Å²) in [6, 6.07) is 11.2. The number of pyridine rings is 1. The normalized spacial score (nSPS) is 11.3. The summed E-state index contributed by atoms with van der Waals surface area (Å²) in [5, 5.41) is 3.21. The summed E-state index contributed by atoms with van der Waals surface area (Å²) in [5.74, 6) is 0.867. The molecule has 0 saturated heterocycles. The molecule has 3 aromatic rings. The van der Waals surface area contributed by atoms with E-state index < -0.39 is 11.7 Å². The largest absolute Gasteiger partial charge is 0.497 e. The van der Waals surface area contributed by atoms with Crippen LogP contribution in [-0.4, -0.2) is 19.2 Å². The summed E-state index contributed by atoms with van der Waals surface area (Å²) in [4.78, 5) is 4.21. The number of nitrogens with one attached hydrogen (secondary N) is 1. The van der Waals surface area contributed by atoms with Crippen LogP contribution in [0.4, 0.5) is 19.0 Å². The SMILES string of the molecule is C=Cc1ccc2cc(C(F)(F)F)c(NCc3ccc(OC)cc3OC)nc2c1. The molecule has 0 aliphatic carbocycles. The van der Waals surface area contributed by atoms with E-state index in [0.717, 1.165) is 11.6 Å². The second kappa shape index (κ2) is 7.80. The Bertz CT molecular complexity index is 1020. The minimum Gasteiger partial charge on any atom is -0.497 e. The molecule has 1 heterocycles. The van der Waals surface area contributed by atoms with Crippen molar-refractivity contribution in [1.29, 1.82) is 0 Å². The number of anilines is 1. The van der Waals surface area contributed by atoms with Crippen molar-refractivity contribution in [2.24, 2.45) is 0 Å². The molecule has 146 valence electrons. The molecule has 0 atom stereocenters. The fourth-order valence-electron chi connectivity index (χ4n) is 2.84. The molecule has 3 rings (SSSR count). The van der Waals surface area contributed by atoms with Crippen LogP contribution in [0.15, 0.2) is 49.0 Å². The zero-order valence-electron chi connectivity index (χ0n) is 15.4. The van der Waals surface area contributed by atoms with Crippen LogP contribution in [0.1, 0.15) is 16.7 Å². The number of aromatic nitrogens is 1. The van der Waals surface area contributed by atoms with Gasteiger partial charge in [0.05, 0.1) is 25.3 Å². The fraction of sp³-hybridized carbons (Fsp3) is 0.190. The number of nitrogens with zero attached hydrogens (tertiary/aromatic N) is 1. The van der Waals surface area contributed by atoms with Gasteiger partial charge in [-0.2, -0.15) is 13.2 Å². The van der Waals surface area contributed by atoms with Gasteiger partial charge in [0.2, 0.25) is 0 Å². The van der Waals surface area contributed by atoms with Crippen molar-refractivity contribution in [2.75, 3.05) is 19.5 Å². The van der Waals surface area contributed by atoms with Crippen molar-refractivity contribution in [3.63, 3.8) is 0 Å². The van der Waals surface area contributed by atoms with Gasteiger partial charge in [-0.3, -0.25) is 0 Å². The second-order valence-corrected chi connectivity index (χ2v) is 6.07. The Labute approximate surface area is 160 Å². The van der Waals surface area contributed by atoms with E-state index in [2.05, 4.69) is 16.9 Å². The average Bonchev–Trinajstić information content (AvgIpc) is 2.70. The zero-order valence-corrected chi connectivity index (χ0v) is 15.4. The van der Waals surface area contributed by atoms with E-state index in [1.54, 1.807) is 42.5 Å². The maximum Gasteiger partial charge on any atom is 0.419 e. The molecule has 0 saturated carbocycles. The van der Waals surface area contributed by atoms with E-state index in [4.69, 9.17) is 9.47 Å². The number of benzene rings is 2. The van der Waals surface area contributed by atoms with Crippen LogP contribution < -0.4 is 14.8 Å². The van der Waals surface area contributed by atoms with E-state index in [1.807, 2.05) is 0 Å². The lowest BCUT2D eigenvalue weighted by atomic mass is 10.1. The molecule has 0 bridgehead atoms. The lowest BCUT2D eigenvalue weighted by Crippen LogP contribution is -2.13. The summed E-state index contributed by atoms with van der Waals surface area (Å²) in [6.07, 6.45) is -2.92. The lowest BCUT2D eigenvalue weighted by Gasteiger charge is -2.16. The molecule has 1 aromatic heterocycles. The topological polar surface area (TPSA) is 43.4 Å². The molecule has 0 unspecified atom stereocenters. The van der Waals surface area contributed by atoms with Crippen molar-refractivity contribution in [1.82, 2.24) is 4.98 Å². The predicted molar refractivity (Wildman–Crippen MR) is 104 cm³/mol. The van der Waals surface area contributed by atoms with Crippen LogP contribution in [0, 0.1) is 0 Å². The molecule has 0 aliphatic rings.